The molecule has 114 valence electrons. The highest BCUT2D eigenvalue weighted by molar-refractivity contribution is 5.97. The maximum Gasteiger partial charge on any atom is 0.246 e. The molecule has 2 amide bonds. The number of nitrogens with zero attached hydrogens (tertiary/aromatic N) is 1. The summed E-state index contributed by atoms with van der Waals surface area (Å²) < 4.78 is 0. The summed E-state index contributed by atoms with van der Waals surface area (Å²) in [5.41, 5.74) is -0.238. The molecule has 0 radical (unpaired) electrons. The van der Waals surface area contributed by atoms with Crippen molar-refractivity contribution < 1.29 is 9.59 Å². The van der Waals surface area contributed by atoms with Gasteiger partial charge in [-0.1, -0.05) is 40.0 Å². The molecule has 20 heavy (non-hydrogen) atoms. The highest BCUT2D eigenvalue weighted by atomic mass is 16.2. The Morgan fingerprint density at radius 3 is 2.30 bits per heavy atom. The normalized spacial score (nSPS) is 29.5. The number of amides is 2. The zero-order valence-electron chi connectivity index (χ0n) is 13.2. The second-order valence-corrected chi connectivity index (χ2v) is 7.48. The molecule has 2 aliphatic rings. The van der Waals surface area contributed by atoms with Gasteiger partial charge in [0.05, 0.1) is 0 Å². The Hall–Kier alpha value is -1.06. The minimum Gasteiger partial charge on any atom is -0.342 e. The fraction of sp³-hybridized carbons (Fsp3) is 0.875. The van der Waals surface area contributed by atoms with E-state index in [9.17, 15) is 9.59 Å². The number of nitrogens with one attached hydrogen (secondary N) is 1. The van der Waals surface area contributed by atoms with Gasteiger partial charge in [0.25, 0.3) is 0 Å². The van der Waals surface area contributed by atoms with E-state index in [2.05, 4.69) is 5.32 Å². The number of carbonyl (C=O) groups excluding carboxylic acids is 2. The summed E-state index contributed by atoms with van der Waals surface area (Å²) in [6.07, 6.45) is 6.22. The monoisotopic (exact) mass is 280 g/mol. The lowest BCUT2D eigenvalue weighted by molar-refractivity contribution is -0.152. The van der Waals surface area contributed by atoms with Gasteiger partial charge in [0, 0.05) is 6.54 Å². The molecule has 1 N–H and O–H groups in total. The van der Waals surface area contributed by atoms with Crippen LogP contribution >= 0.6 is 0 Å². The Morgan fingerprint density at radius 2 is 1.75 bits per heavy atom. The topological polar surface area (TPSA) is 49.4 Å². The number of piperazine rings is 1. The van der Waals surface area contributed by atoms with Crippen molar-refractivity contribution >= 4 is 11.8 Å². The average molecular weight is 280 g/mol. The SMILES string of the molecule is CC1C(=O)NC(C(C)(C)C)C(=O)N1CC1CCCCC1. The molecule has 2 unspecified atom stereocenters. The van der Waals surface area contributed by atoms with E-state index < -0.39 is 6.04 Å². The molecule has 0 aromatic heterocycles. The standard InChI is InChI=1S/C16H28N2O2/c1-11-14(19)17-13(16(2,3)4)15(20)18(11)10-12-8-6-5-7-9-12/h11-13H,5-10H2,1-4H3,(H,17,19). The van der Waals surface area contributed by atoms with Gasteiger partial charge in [-0.2, -0.15) is 0 Å². The van der Waals surface area contributed by atoms with E-state index in [4.69, 9.17) is 0 Å². The summed E-state index contributed by atoms with van der Waals surface area (Å²) in [5.74, 6) is 0.650. The molecule has 2 atom stereocenters. The molecule has 0 spiro atoms. The summed E-state index contributed by atoms with van der Waals surface area (Å²) >= 11 is 0. The number of carbonyl (C=O) groups is 2. The lowest BCUT2D eigenvalue weighted by Gasteiger charge is -2.43. The molecule has 2 fully saturated rings. The summed E-state index contributed by atoms with van der Waals surface area (Å²) in [6.45, 7) is 8.61. The molecule has 1 saturated heterocycles. The Morgan fingerprint density at radius 1 is 1.15 bits per heavy atom. The molecule has 1 aliphatic carbocycles. The maximum atomic E-state index is 12.7. The first-order valence-corrected chi connectivity index (χ1v) is 7.91. The third kappa shape index (κ3) is 3.15. The van der Waals surface area contributed by atoms with Crippen LogP contribution in [0, 0.1) is 11.3 Å². The van der Waals surface area contributed by atoms with Crippen molar-refractivity contribution in [3.05, 3.63) is 0 Å². The summed E-state index contributed by atoms with van der Waals surface area (Å²) in [4.78, 5) is 26.7. The smallest absolute Gasteiger partial charge is 0.246 e. The van der Waals surface area contributed by atoms with Crippen molar-refractivity contribution in [3.8, 4) is 0 Å². The van der Waals surface area contributed by atoms with Crippen molar-refractivity contribution in [2.75, 3.05) is 6.54 Å². The first kappa shape index (κ1) is 15.3. The minimum absolute atomic E-state index is 0.0136. The lowest BCUT2D eigenvalue weighted by atomic mass is 9.83. The van der Waals surface area contributed by atoms with Gasteiger partial charge in [-0.15, -0.1) is 0 Å². The molecule has 4 heteroatoms. The van der Waals surface area contributed by atoms with E-state index in [1.54, 1.807) is 0 Å². The molecular weight excluding hydrogens is 252 g/mol. The largest absolute Gasteiger partial charge is 0.342 e. The Kier molecular flexibility index (Phi) is 4.40. The van der Waals surface area contributed by atoms with Crippen molar-refractivity contribution in [3.63, 3.8) is 0 Å². The van der Waals surface area contributed by atoms with Crippen molar-refractivity contribution in [2.45, 2.75) is 71.9 Å². The Balaban J connectivity index is 2.11. The predicted octanol–water partition coefficient (Wildman–Crippen LogP) is 2.33. The van der Waals surface area contributed by atoms with E-state index in [1.165, 1.54) is 32.1 Å². The first-order valence-electron chi connectivity index (χ1n) is 7.91. The van der Waals surface area contributed by atoms with Gasteiger partial charge in [0.2, 0.25) is 11.8 Å². The van der Waals surface area contributed by atoms with Gasteiger partial charge in [-0.05, 0) is 31.1 Å². The van der Waals surface area contributed by atoms with Gasteiger partial charge in [0.1, 0.15) is 12.1 Å². The van der Waals surface area contributed by atoms with Crippen LogP contribution in [-0.4, -0.2) is 35.3 Å². The van der Waals surface area contributed by atoms with Crippen molar-refractivity contribution in [1.29, 1.82) is 0 Å². The van der Waals surface area contributed by atoms with Gasteiger partial charge in [0.15, 0.2) is 0 Å². The zero-order chi connectivity index (χ0) is 14.9. The van der Waals surface area contributed by atoms with Crippen LogP contribution < -0.4 is 5.32 Å². The minimum atomic E-state index is -0.394. The first-order chi connectivity index (χ1) is 9.30. The van der Waals surface area contributed by atoms with E-state index >= 15 is 0 Å². The molecule has 2 rings (SSSR count). The second kappa shape index (κ2) is 5.74. The quantitative estimate of drug-likeness (QED) is 0.844. The van der Waals surface area contributed by atoms with E-state index in [-0.39, 0.29) is 23.3 Å². The second-order valence-electron chi connectivity index (χ2n) is 7.48. The van der Waals surface area contributed by atoms with Crippen LogP contribution in [0.1, 0.15) is 59.8 Å². The van der Waals surface area contributed by atoms with E-state index in [0.29, 0.717) is 5.92 Å². The van der Waals surface area contributed by atoms with E-state index in [0.717, 1.165) is 6.54 Å². The molecule has 1 saturated carbocycles. The number of hydrogen-bond acceptors (Lipinski definition) is 2. The summed E-state index contributed by atoms with van der Waals surface area (Å²) in [5, 5.41) is 2.89. The average Bonchev–Trinajstić information content (AvgIpc) is 2.39. The molecule has 4 nitrogen and oxygen atoms in total. The Labute approximate surface area is 122 Å². The summed E-state index contributed by atoms with van der Waals surface area (Å²) in [6, 6.07) is -0.724. The number of hydrogen-bond donors (Lipinski definition) is 1. The third-order valence-electron chi connectivity index (χ3n) is 4.71. The maximum absolute atomic E-state index is 12.7. The Bertz CT molecular complexity index is 380. The van der Waals surface area contributed by atoms with Crippen LogP contribution in [0.25, 0.3) is 0 Å². The molecule has 1 aliphatic heterocycles. The predicted molar refractivity (Wildman–Crippen MR) is 79.1 cm³/mol. The van der Waals surface area contributed by atoms with Crippen LogP contribution in [0.3, 0.4) is 0 Å². The molecular formula is C16H28N2O2. The molecule has 1 heterocycles. The van der Waals surface area contributed by atoms with Gasteiger partial charge < -0.3 is 10.2 Å². The van der Waals surface area contributed by atoms with E-state index in [1.807, 2.05) is 32.6 Å². The molecule has 0 aromatic rings. The highest BCUT2D eigenvalue weighted by Crippen LogP contribution is 2.29. The lowest BCUT2D eigenvalue weighted by Crippen LogP contribution is -2.66. The van der Waals surface area contributed by atoms with Crippen LogP contribution in [0.5, 0.6) is 0 Å². The van der Waals surface area contributed by atoms with Crippen LogP contribution in [-0.2, 0) is 9.59 Å². The highest BCUT2D eigenvalue weighted by Gasteiger charge is 2.43. The molecule has 0 bridgehead atoms. The van der Waals surface area contributed by atoms with Gasteiger partial charge in [-0.25, -0.2) is 0 Å². The fourth-order valence-corrected chi connectivity index (χ4v) is 3.31. The summed E-state index contributed by atoms with van der Waals surface area (Å²) in [7, 11) is 0. The van der Waals surface area contributed by atoms with Crippen molar-refractivity contribution in [1.82, 2.24) is 10.2 Å². The van der Waals surface area contributed by atoms with Crippen molar-refractivity contribution in [2.24, 2.45) is 11.3 Å². The zero-order valence-corrected chi connectivity index (χ0v) is 13.2. The third-order valence-corrected chi connectivity index (χ3v) is 4.71. The van der Waals surface area contributed by atoms with Crippen LogP contribution in [0.2, 0.25) is 0 Å². The fourth-order valence-electron chi connectivity index (χ4n) is 3.31. The van der Waals surface area contributed by atoms with Gasteiger partial charge in [-0.3, -0.25) is 9.59 Å². The molecule has 0 aromatic carbocycles. The van der Waals surface area contributed by atoms with Crippen LogP contribution in [0.4, 0.5) is 0 Å². The number of rotatable bonds is 2. The van der Waals surface area contributed by atoms with Crippen LogP contribution in [0.15, 0.2) is 0 Å². The van der Waals surface area contributed by atoms with Gasteiger partial charge >= 0.3 is 0 Å².